The Morgan fingerprint density at radius 2 is 1.50 bits per heavy atom. The van der Waals surface area contributed by atoms with Gasteiger partial charge in [-0.2, -0.15) is 13.2 Å². The highest BCUT2D eigenvalue weighted by Gasteiger charge is 2.50. The van der Waals surface area contributed by atoms with Gasteiger partial charge in [0, 0.05) is 38.6 Å². The smallest absolute Gasteiger partial charge is 0.348 e. The van der Waals surface area contributed by atoms with Gasteiger partial charge in [0.15, 0.2) is 0 Å². The lowest BCUT2D eigenvalue weighted by Gasteiger charge is -2.36. The zero-order chi connectivity index (χ0) is 17.3. The molecule has 136 valence electrons. The molecule has 1 unspecified atom stereocenters. The molecule has 24 heavy (non-hydrogen) atoms. The molecule has 0 spiro atoms. The summed E-state index contributed by atoms with van der Waals surface area (Å²) in [6.45, 7) is 2.22. The first-order chi connectivity index (χ1) is 11.4. The number of urea groups is 1. The molecule has 0 N–H and O–H groups in total. The van der Waals surface area contributed by atoms with Crippen molar-refractivity contribution in [3.63, 3.8) is 0 Å². The fraction of sp³-hybridized carbons (Fsp3) is 0.867. The topological polar surface area (TPSA) is 53.1 Å². The Bertz CT molecular complexity index is 486. The molecule has 0 aromatic heterocycles. The molecule has 6 nitrogen and oxygen atoms in total. The van der Waals surface area contributed by atoms with Gasteiger partial charge in [-0.15, -0.1) is 0 Å². The fourth-order valence-electron chi connectivity index (χ4n) is 3.63. The van der Waals surface area contributed by atoms with Gasteiger partial charge in [-0.3, -0.25) is 4.79 Å². The van der Waals surface area contributed by atoms with Crippen molar-refractivity contribution in [2.45, 2.75) is 38.1 Å². The molecule has 3 fully saturated rings. The van der Waals surface area contributed by atoms with E-state index >= 15 is 0 Å². The number of alkyl halides is 3. The number of hydrogen-bond donors (Lipinski definition) is 0. The largest absolute Gasteiger partial charge is 0.433 e. The molecular formula is C15H22F3N3O3. The second-order valence-electron chi connectivity index (χ2n) is 6.53. The van der Waals surface area contributed by atoms with Crippen LogP contribution in [-0.4, -0.2) is 78.4 Å². The lowest BCUT2D eigenvalue weighted by atomic mass is 9.95. The third-order valence-electron chi connectivity index (χ3n) is 4.95. The molecule has 0 radical (unpaired) electrons. The van der Waals surface area contributed by atoms with Gasteiger partial charge in [-0.25, -0.2) is 4.79 Å². The Balaban J connectivity index is 1.54. The van der Waals surface area contributed by atoms with Crippen molar-refractivity contribution in [3.05, 3.63) is 0 Å². The van der Waals surface area contributed by atoms with E-state index in [1.54, 1.807) is 9.80 Å². The maximum Gasteiger partial charge on any atom is 0.433 e. The number of likely N-dealkylation sites (tertiary alicyclic amines) is 2. The summed E-state index contributed by atoms with van der Waals surface area (Å²) >= 11 is 0. The second-order valence-corrected chi connectivity index (χ2v) is 6.53. The summed E-state index contributed by atoms with van der Waals surface area (Å²) in [6.07, 6.45) is -3.88. The van der Waals surface area contributed by atoms with Crippen LogP contribution in [-0.2, 0) is 9.53 Å². The van der Waals surface area contributed by atoms with Gasteiger partial charge in [0.2, 0.25) is 12.1 Å². The van der Waals surface area contributed by atoms with Gasteiger partial charge >= 0.3 is 12.2 Å². The molecule has 3 amide bonds. The fourth-order valence-corrected chi connectivity index (χ4v) is 3.63. The molecular weight excluding hydrogens is 327 g/mol. The molecule has 0 aliphatic carbocycles. The number of amides is 3. The summed E-state index contributed by atoms with van der Waals surface area (Å²) < 4.78 is 43.4. The van der Waals surface area contributed by atoms with Crippen molar-refractivity contribution in [2.24, 2.45) is 5.92 Å². The first kappa shape index (κ1) is 17.3. The SMILES string of the molecule is O=C(N1CCCC1)N1CCC(C(=O)N2CCOC2C(F)(F)F)CC1. The van der Waals surface area contributed by atoms with Crippen LogP contribution in [0.2, 0.25) is 0 Å². The molecule has 0 bridgehead atoms. The van der Waals surface area contributed by atoms with Crippen LogP contribution >= 0.6 is 0 Å². The Hall–Kier alpha value is -1.51. The summed E-state index contributed by atoms with van der Waals surface area (Å²) in [5.74, 6) is -0.984. The quantitative estimate of drug-likeness (QED) is 0.724. The second kappa shape index (κ2) is 6.78. The molecule has 0 aromatic rings. The van der Waals surface area contributed by atoms with E-state index in [1.165, 1.54) is 0 Å². The van der Waals surface area contributed by atoms with Gasteiger partial charge in [0.1, 0.15) is 0 Å². The zero-order valence-corrected chi connectivity index (χ0v) is 13.4. The highest BCUT2D eigenvalue weighted by atomic mass is 19.4. The van der Waals surface area contributed by atoms with Crippen molar-refractivity contribution in [1.82, 2.24) is 14.7 Å². The third kappa shape index (κ3) is 3.45. The molecule has 0 saturated carbocycles. The van der Waals surface area contributed by atoms with Crippen LogP contribution in [0.3, 0.4) is 0 Å². The van der Waals surface area contributed by atoms with Crippen molar-refractivity contribution in [2.75, 3.05) is 39.3 Å². The van der Waals surface area contributed by atoms with Gasteiger partial charge in [-0.1, -0.05) is 0 Å². The van der Waals surface area contributed by atoms with Crippen LogP contribution in [0.25, 0.3) is 0 Å². The minimum absolute atomic E-state index is 0.0175. The number of carbonyl (C=O) groups excluding carboxylic acids is 2. The van der Waals surface area contributed by atoms with Crippen molar-refractivity contribution < 1.29 is 27.5 Å². The van der Waals surface area contributed by atoms with Gasteiger partial charge in [0.25, 0.3) is 0 Å². The number of nitrogens with zero attached hydrogens (tertiary/aromatic N) is 3. The maximum absolute atomic E-state index is 12.9. The summed E-state index contributed by atoms with van der Waals surface area (Å²) in [6, 6.07) is -0.0175. The highest BCUT2D eigenvalue weighted by molar-refractivity contribution is 5.80. The van der Waals surface area contributed by atoms with E-state index in [2.05, 4.69) is 4.74 Å². The predicted molar refractivity (Wildman–Crippen MR) is 78.0 cm³/mol. The van der Waals surface area contributed by atoms with E-state index in [1.807, 2.05) is 0 Å². The van der Waals surface area contributed by atoms with Crippen LogP contribution in [0.15, 0.2) is 0 Å². The molecule has 3 aliphatic rings. The molecule has 9 heteroatoms. The number of piperidine rings is 1. The Labute approximate surface area is 138 Å². The molecule has 3 heterocycles. The standard InChI is InChI=1S/C15H22F3N3O3/c16-15(17,18)13-21(9-10-24-13)12(22)11-3-7-20(8-4-11)14(23)19-5-1-2-6-19/h11,13H,1-10H2. The van der Waals surface area contributed by atoms with E-state index < -0.39 is 24.2 Å². The van der Waals surface area contributed by atoms with Gasteiger partial charge in [0.05, 0.1) is 6.61 Å². The Morgan fingerprint density at radius 3 is 2.08 bits per heavy atom. The minimum atomic E-state index is -4.57. The highest BCUT2D eigenvalue weighted by Crippen LogP contribution is 2.31. The van der Waals surface area contributed by atoms with E-state index in [-0.39, 0.29) is 19.2 Å². The van der Waals surface area contributed by atoms with E-state index in [4.69, 9.17) is 0 Å². The molecule has 3 saturated heterocycles. The lowest BCUT2D eigenvalue weighted by Crippen LogP contribution is -2.51. The Morgan fingerprint density at radius 1 is 0.917 bits per heavy atom. The van der Waals surface area contributed by atoms with Crippen LogP contribution in [0.1, 0.15) is 25.7 Å². The number of rotatable bonds is 1. The Kier molecular flexibility index (Phi) is 4.89. The average Bonchev–Trinajstić information content (AvgIpc) is 3.24. The molecule has 0 aromatic carbocycles. The van der Waals surface area contributed by atoms with Crippen LogP contribution < -0.4 is 0 Å². The third-order valence-corrected chi connectivity index (χ3v) is 4.95. The zero-order valence-electron chi connectivity index (χ0n) is 13.4. The van der Waals surface area contributed by atoms with Crippen LogP contribution in [0, 0.1) is 5.92 Å². The molecule has 3 rings (SSSR count). The first-order valence-corrected chi connectivity index (χ1v) is 8.40. The molecule has 1 atom stereocenters. The van der Waals surface area contributed by atoms with E-state index in [9.17, 15) is 22.8 Å². The van der Waals surface area contributed by atoms with Crippen LogP contribution in [0.4, 0.5) is 18.0 Å². The van der Waals surface area contributed by atoms with Crippen LogP contribution in [0.5, 0.6) is 0 Å². The van der Waals surface area contributed by atoms with Crippen molar-refractivity contribution in [3.8, 4) is 0 Å². The summed E-state index contributed by atoms with van der Waals surface area (Å²) in [4.78, 5) is 29.0. The predicted octanol–water partition coefficient (Wildman–Crippen LogP) is 1.66. The maximum atomic E-state index is 12.9. The number of halogens is 3. The number of ether oxygens (including phenoxy) is 1. The lowest BCUT2D eigenvalue weighted by molar-refractivity contribution is -0.239. The van der Waals surface area contributed by atoms with Crippen molar-refractivity contribution in [1.29, 1.82) is 0 Å². The van der Waals surface area contributed by atoms with E-state index in [0.717, 1.165) is 30.8 Å². The first-order valence-electron chi connectivity index (χ1n) is 8.40. The number of hydrogen-bond acceptors (Lipinski definition) is 3. The average molecular weight is 349 g/mol. The summed E-state index contributed by atoms with van der Waals surface area (Å²) in [5.41, 5.74) is 0. The van der Waals surface area contributed by atoms with Crippen molar-refractivity contribution >= 4 is 11.9 Å². The van der Waals surface area contributed by atoms with Gasteiger partial charge < -0.3 is 19.4 Å². The summed E-state index contributed by atoms with van der Waals surface area (Å²) in [7, 11) is 0. The normalized spacial score (nSPS) is 26.3. The minimum Gasteiger partial charge on any atom is -0.348 e. The van der Waals surface area contributed by atoms with Gasteiger partial charge in [-0.05, 0) is 25.7 Å². The monoisotopic (exact) mass is 349 g/mol. The number of carbonyl (C=O) groups is 2. The molecule has 3 aliphatic heterocycles. The summed E-state index contributed by atoms with van der Waals surface area (Å²) in [5, 5.41) is 0. The van der Waals surface area contributed by atoms with E-state index in [0.29, 0.717) is 25.9 Å².